The number of nitrogens with zero attached hydrogens (tertiary/aromatic N) is 2. The largest absolute Gasteiger partial charge is 0.474 e. The third kappa shape index (κ3) is 4.82. The normalized spacial score (nSPS) is 14.8. The quantitative estimate of drug-likeness (QED) is 0.402. The van der Waals surface area contributed by atoms with Gasteiger partial charge in [-0.1, -0.05) is 12.1 Å². The predicted octanol–water partition coefficient (Wildman–Crippen LogP) is 4.57. The van der Waals surface area contributed by atoms with E-state index >= 15 is 0 Å². The second kappa shape index (κ2) is 9.23. The number of sulfonamides is 1. The van der Waals surface area contributed by atoms with Gasteiger partial charge in [0.25, 0.3) is 10.0 Å². The van der Waals surface area contributed by atoms with Crippen molar-refractivity contribution in [2.24, 2.45) is 0 Å². The number of fused-ring (bicyclic) bond motifs is 1. The summed E-state index contributed by atoms with van der Waals surface area (Å²) in [6.07, 6.45) is 1.53. The highest BCUT2D eigenvalue weighted by Gasteiger charge is 2.22. The summed E-state index contributed by atoms with van der Waals surface area (Å²) in [7, 11) is -4.32. The molecule has 2 aromatic carbocycles. The number of nitrogens with one attached hydrogen (secondary N) is 2. The molecule has 1 aliphatic heterocycles. The van der Waals surface area contributed by atoms with Gasteiger partial charge in [-0.2, -0.15) is 5.10 Å². The lowest BCUT2D eigenvalue weighted by molar-refractivity contribution is 0.0244. The van der Waals surface area contributed by atoms with Crippen LogP contribution in [-0.2, 0) is 14.8 Å². The minimum Gasteiger partial charge on any atom is -0.474 e. The number of aromatic amines is 1. The summed E-state index contributed by atoms with van der Waals surface area (Å²) >= 11 is 0. The zero-order valence-corrected chi connectivity index (χ0v) is 19.5. The minimum atomic E-state index is -4.32. The molecule has 182 valence electrons. The fraction of sp³-hybridized carbons (Fsp3) is 0.250. The zero-order valence-electron chi connectivity index (χ0n) is 18.7. The molecule has 0 spiro atoms. The summed E-state index contributed by atoms with van der Waals surface area (Å²) in [6, 6.07) is 10.5. The zero-order chi connectivity index (χ0) is 24.6. The molecule has 11 heteroatoms. The van der Waals surface area contributed by atoms with Gasteiger partial charge in [0, 0.05) is 29.8 Å². The molecule has 2 aromatic heterocycles. The number of hydrogen-bond acceptors (Lipinski definition) is 6. The third-order valence-corrected chi connectivity index (χ3v) is 7.14. The lowest BCUT2D eigenvalue weighted by atomic mass is 10.1. The average Bonchev–Trinajstić information content (AvgIpc) is 3.22. The van der Waals surface area contributed by atoms with Crippen LogP contribution >= 0.6 is 0 Å². The Balaban J connectivity index is 1.43. The van der Waals surface area contributed by atoms with Gasteiger partial charge in [-0.05, 0) is 43.3 Å². The SMILES string of the molecule is Cc1[nH]nc2cc(-c3ccc(NS(=O)(=O)c4cc(F)ccc4F)cc3)nc(OC3CCOCC3)c12. The van der Waals surface area contributed by atoms with E-state index in [2.05, 4.69) is 14.9 Å². The molecule has 0 aliphatic carbocycles. The third-order valence-electron chi connectivity index (χ3n) is 5.75. The molecule has 1 saturated heterocycles. The van der Waals surface area contributed by atoms with Gasteiger partial charge in [0.15, 0.2) is 0 Å². The Bertz CT molecular complexity index is 1480. The van der Waals surface area contributed by atoms with Gasteiger partial charge in [0.05, 0.1) is 29.8 Å². The van der Waals surface area contributed by atoms with E-state index in [1.807, 2.05) is 13.0 Å². The van der Waals surface area contributed by atoms with E-state index in [9.17, 15) is 17.2 Å². The monoisotopic (exact) mass is 500 g/mol. The van der Waals surface area contributed by atoms with Crippen LogP contribution in [-0.4, -0.2) is 42.9 Å². The van der Waals surface area contributed by atoms with Crippen LogP contribution in [0.1, 0.15) is 18.5 Å². The Kier molecular flexibility index (Phi) is 6.12. The number of benzene rings is 2. The van der Waals surface area contributed by atoms with Crippen molar-refractivity contribution in [1.82, 2.24) is 15.2 Å². The molecule has 0 atom stereocenters. The van der Waals surface area contributed by atoms with Crippen LogP contribution in [0.25, 0.3) is 22.2 Å². The van der Waals surface area contributed by atoms with Crippen molar-refractivity contribution in [3.63, 3.8) is 0 Å². The summed E-state index contributed by atoms with van der Waals surface area (Å²) in [5, 5.41) is 8.12. The highest BCUT2D eigenvalue weighted by molar-refractivity contribution is 7.92. The predicted molar refractivity (Wildman–Crippen MR) is 126 cm³/mol. The number of ether oxygens (including phenoxy) is 2. The summed E-state index contributed by atoms with van der Waals surface area (Å²) in [4.78, 5) is 3.95. The van der Waals surface area contributed by atoms with Gasteiger partial charge in [-0.25, -0.2) is 22.2 Å². The number of aryl methyl sites for hydroxylation is 1. The molecule has 0 radical (unpaired) electrons. The van der Waals surface area contributed by atoms with Crippen molar-refractivity contribution in [3.05, 3.63) is 65.9 Å². The van der Waals surface area contributed by atoms with E-state index < -0.39 is 26.6 Å². The van der Waals surface area contributed by atoms with Crippen LogP contribution in [0.2, 0.25) is 0 Å². The number of rotatable bonds is 6. The topological polar surface area (TPSA) is 106 Å². The van der Waals surface area contributed by atoms with Crippen molar-refractivity contribution in [1.29, 1.82) is 0 Å². The van der Waals surface area contributed by atoms with Crippen LogP contribution in [0.4, 0.5) is 14.5 Å². The number of aromatic nitrogens is 3. The lowest BCUT2D eigenvalue weighted by Gasteiger charge is -2.23. The van der Waals surface area contributed by atoms with E-state index in [0.29, 0.717) is 41.9 Å². The van der Waals surface area contributed by atoms with Crippen molar-refractivity contribution in [2.75, 3.05) is 17.9 Å². The van der Waals surface area contributed by atoms with Crippen molar-refractivity contribution < 1.29 is 26.7 Å². The van der Waals surface area contributed by atoms with E-state index in [1.165, 1.54) is 12.1 Å². The molecule has 4 aromatic rings. The van der Waals surface area contributed by atoms with Crippen molar-refractivity contribution in [3.8, 4) is 17.1 Å². The molecule has 35 heavy (non-hydrogen) atoms. The molecule has 8 nitrogen and oxygen atoms in total. The van der Waals surface area contributed by atoms with E-state index in [4.69, 9.17) is 14.5 Å². The molecular formula is C24H22F2N4O4S. The summed E-state index contributed by atoms with van der Waals surface area (Å²) in [5.41, 5.74) is 3.02. The average molecular weight is 501 g/mol. The molecule has 0 bridgehead atoms. The van der Waals surface area contributed by atoms with Gasteiger partial charge < -0.3 is 9.47 Å². The number of H-pyrrole nitrogens is 1. The van der Waals surface area contributed by atoms with E-state index in [1.54, 1.807) is 12.1 Å². The van der Waals surface area contributed by atoms with Crippen LogP contribution in [0.15, 0.2) is 53.4 Å². The molecular weight excluding hydrogens is 478 g/mol. The van der Waals surface area contributed by atoms with Crippen LogP contribution in [0, 0.1) is 18.6 Å². The Morgan fingerprint density at radius 2 is 1.83 bits per heavy atom. The van der Waals surface area contributed by atoms with Crippen molar-refractivity contribution >= 4 is 26.6 Å². The molecule has 0 amide bonds. The van der Waals surface area contributed by atoms with E-state index in [-0.39, 0.29) is 11.8 Å². The Morgan fingerprint density at radius 1 is 1.09 bits per heavy atom. The Labute approximate surface area is 200 Å². The molecule has 2 N–H and O–H groups in total. The first-order valence-corrected chi connectivity index (χ1v) is 12.5. The summed E-state index contributed by atoms with van der Waals surface area (Å²) in [5.74, 6) is -1.42. The number of pyridine rings is 1. The number of halogens is 2. The van der Waals surface area contributed by atoms with Gasteiger partial charge in [0.2, 0.25) is 5.88 Å². The smallest absolute Gasteiger partial charge is 0.264 e. The maximum absolute atomic E-state index is 14.0. The lowest BCUT2D eigenvalue weighted by Crippen LogP contribution is -2.26. The molecule has 0 unspecified atom stereocenters. The fourth-order valence-corrected chi connectivity index (χ4v) is 5.09. The molecule has 5 rings (SSSR count). The Hall–Kier alpha value is -3.57. The van der Waals surface area contributed by atoms with Crippen LogP contribution in [0.5, 0.6) is 5.88 Å². The van der Waals surface area contributed by atoms with Crippen LogP contribution < -0.4 is 9.46 Å². The van der Waals surface area contributed by atoms with E-state index in [0.717, 1.165) is 36.1 Å². The Morgan fingerprint density at radius 3 is 2.57 bits per heavy atom. The molecule has 1 fully saturated rings. The highest BCUT2D eigenvalue weighted by atomic mass is 32.2. The minimum absolute atomic E-state index is 0.0102. The number of anilines is 1. The van der Waals surface area contributed by atoms with Crippen LogP contribution in [0.3, 0.4) is 0 Å². The first kappa shape index (κ1) is 23.2. The maximum atomic E-state index is 14.0. The summed E-state index contributed by atoms with van der Waals surface area (Å²) in [6.45, 7) is 3.17. The van der Waals surface area contributed by atoms with Gasteiger partial charge in [0.1, 0.15) is 22.6 Å². The standard InChI is InChI=1S/C24H22F2N4O4S/c1-14-23-21(29-28-14)13-20(27-24(23)34-18-8-10-33-11-9-18)15-2-5-17(6-3-15)30-35(31,32)22-12-16(25)4-7-19(22)26/h2-7,12-13,18,30H,8-11H2,1H3,(H,28,29). The van der Waals surface area contributed by atoms with Crippen molar-refractivity contribution in [2.45, 2.75) is 30.8 Å². The van der Waals surface area contributed by atoms with Gasteiger partial charge in [-0.15, -0.1) is 0 Å². The second-order valence-electron chi connectivity index (χ2n) is 8.24. The molecule has 0 saturated carbocycles. The second-order valence-corrected chi connectivity index (χ2v) is 9.89. The van der Waals surface area contributed by atoms with Gasteiger partial charge >= 0.3 is 0 Å². The summed E-state index contributed by atoms with van der Waals surface area (Å²) < 4.78 is 66.4. The fourth-order valence-electron chi connectivity index (χ4n) is 3.94. The highest BCUT2D eigenvalue weighted by Crippen LogP contribution is 2.32. The van der Waals surface area contributed by atoms with Gasteiger partial charge in [-0.3, -0.25) is 9.82 Å². The maximum Gasteiger partial charge on any atom is 0.264 e. The first-order chi connectivity index (χ1) is 16.8. The molecule has 3 heterocycles. The first-order valence-electron chi connectivity index (χ1n) is 11.0. The molecule has 1 aliphatic rings. The number of hydrogen-bond donors (Lipinski definition) is 2.